The minimum atomic E-state index is 0.319. The molecule has 2 aromatic heterocycles. The molecule has 1 aliphatic rings. The number of nitrogens with zero attached hydrogens (tertiary/aromatic N) is 3. The van der Waals surface area contributed by atoms with Crippen LogP contribution in [0.2, 0.25) is 0 Å². The molecule has 3 heterocycles. The Labute approximate surface area is 170 Å². The molecular weight excluding hydrogens is 366 g/mol. The topological polar surface area (TPSA) is 87.2 Å². The molecule has 0 aliphatic carbocycles. The maximum absolute atomic E-state index is 6.20. The molecule has 7 heteroatoms. The first-order valence-electron chi connectivity index (χ1n) is 9.61. The van der Waals surface area contributed by atoms with Crippen LogP contribution in [0, 0.1) is 17.8 Å². The second-order valence-corrected chi connectivity index (χ2v) is 7.50. The summed E-state index contributed by atoms with van der Waals surface area (Å²) in [5.41, 5.74) is 8.63. The first-order chi connectivity index (χ1) is 14.0. The Morgan fingerprint density at radius 1 is 1.14 bits per heavy atom. The number of hydrogen-bond donors (Lipinski definition) is 2. The van der Waals surface area contributed by atoms with Crippen molar-refractivity contribution in [2.45, 2.75) is 25.9 Å². The van der Waals surface area contributed by atoms with Crippen LogP contribution in [0.1, 0.15) is 31.0 Å². The van der Waals surface area contributed by atoms with Crippen molar-refractivity contribution < 1.29 is 9.47 Å². The van der Waals surface area contributed by atoms with Crippen molar-refractivity contribution in [2.75, 3.05) is 26.5 Å². The van der Waals surface area contributed by atoms with Gasteiger partial charge in [0.2, 0.25) is 0 Å². The van der Waals surface area contributed by atoms with Gasteiger partial charge in [-0.3, -0.25) is 0 Å². The third-order valence-electron chi connectivity index (χ3n) is 5.38. The number of rotatable bonds is 4. The lowest BCUT2D eigenvalue weighted by Gasteiger charge is -2.41. The van der Waals surface area contributed by atoms with E-state index in [9.17, 15) is 0 Å². The van der Waals surface area contributed by atoms with E-state index < -0.39 is 0 Å². The van der Waals surface area contributed by atoms with E-state index in [0.29, 0.717) is 35.3 Å². The van der Waals surface area contributed by atoms with Crippen molar-refractivity contribution in [3.63, 3.8) is 0 Å². The quantitative estimate of drug-likeness (QED) is 0.665. The Balaban J connectivity index is 1.79. The van der Waals surface area contributed by atoms with Gasteiger partial charge in [-0.05, 0) is 18.1 Å². The van der Waals surface area contributed by atoms with E-state index in [0.717, 1.165) is 28.7 Å². The van der Waals surface area contributed by atoms with Crippen molar-refractivity contribution in [3.8, 4) is 23.3 Å². The summed E-state index contributed by atoms with van der Waals surface area (Å²) in [5, 5.41) is 4.30. The molecule has 1 fully saturated rings. The van der Waals surface area contributed by atoms with Gasteiger partial charge in [-0.15, -0.1) is 0 Å². The van der Waals surface area contributed by atoms with Gasteiger partial charge < -0.3 is 25.1 Å². The molecule has 0 amide bonds. The highest BCUT2D eigenvalue weighted by atomic mass is 16.5. The van der Waals surface area contributed by atoms with E-state index in [1.165, 1.54) is 6.33 Å². The van der Waals surface area contributed by atoms with Gasteiger partial charge in [0, 0.05) is 30.4 Å². The van der Waals surface area contributed by atoms with Gasteiger partial charge >= 0.3 is 0 Å². The molecule has 1 aromatic carbocycles. The fraction of sp³-hybridized carbons (Fsp3) is 0.364. The average molecular weight is 391 g/mol. The zero-order chi connectivity index (χ0) is 20.5. The zero-order valence-corrected chi connectivity index (χ0v) is 17.1. The molecule has 1 aliphatic heterocycles. The molecule has 1 saturated heterocycles. The highest BCUT2D eigenvalue weighted by Crippen LogP contribution is 2.32. The smallest absolute Gasteiger partial charge is 0.147 e. The number of nitrogens with one attached hydrogen (secondary N) is 1. The van der Waals surface area contributed by atoms with Gasteiger partial charge in [0.1, 0.15) is 29.3 Å². The summed E-state index contributed by atoms with van der Waals surface area (Å²) in [7, 11) is 3.24. The lowest BCUT2D eigenvalue weighted by Crippen LogP contribution is -2.56. The minimum Gasteiger partial charge on any atom is -0.497 e. The van der Waals surface area contributed by atoms with E-state index in [1.807, 2.05) is 24.4 Å². The normalized spacial score (nSPS) is 18.2. The van der Waals surface area contributed by atoms with E-state index in [4.69, 9.17) is 15.2 Å². The lowest BCUT2D eigenvalue weighted by atomic mass is 9.89. The van der Waals surface area contributed by atoms with Crippen LogP contribution in [-0.2, 0) is 0 Å². The largest absolute Gasteiger partial charge is 0.497 e. The molecule has 2 unspecified atom stereocenters. The van der Waals surface area contributed by atoms with Crippen LogP contribution in [0.3, 0.4) is 0 Å². The molecule has 0 bridgehead atoms. The van der Waals surface area contributed by atoms with Crippen molar-refractivity contribution in [1.29, 1.82) is 0 Å². The van der Waals surface area contributed by atoms with E-state index in [1.54, 1.807) is 14.2 Å². The number of fused-ring (bicyclic) bond motifs is 1. The van der Waals surface area contributed by atoms with Crippen LogP contribution in [0.25, 0.3) is 11.0 Å². The van der Waals surface area contributed by atoms with Crippen molar-refractivity contribution in [1.82, 2.24) is 19.9 Å². The van der Waals surface area contributed by atoms with Crippen LogP contribution in [0.5, 0.6) is 11.5 Å². The zero-order valence-electron chi connectivity index (χ0n) is 17.1. The molecule has 3 N–H and O–H groups in total. The van der Waals surface area contributed by atoms with Crippen molar-refractivity contribution in [2.24, 2.45) is 5.92 Å². The Bertz CT molecular complexity index is 1090. The minimum absolute atomic E-state index is 0.319. The number of anilines is 1. The first-order valence-corrected chi connectivity index (χ1v) is 9.61. The molecule has 29 heavy (non-hydrogen) atoms. The van der Waals surface area contributed by atoms with Crippen LogP contribution in [0.4, 0.5) is 5.82 Å². The summed E-state index contributed by atoms with van der Waals surface area (Å²) >= 11 is 0. The maximum atomic E-state index is 6.20. The third-order valence-corrected chi connectivity index (χ3v) is 5.38. The molecule has 0 spiro atoms. The fourth-order valence-corrected chi connectivity index (χ4v) is 3.79. The molecule has 4 rings (SSSR count). The number of ether oxygens (including phenoxy) is 2. The van der Waals surface area contributed by atoms with E-state index in [-0.39, 0.29) is 0 Å². The summed E-state index contributed by atoms with van der Waals surface area (Å²) in [5.74, 6) is 8.80. The number of nitrogens with two attached hydrogens (primary N) is 1. The molecule has 0 saturated carbocycles. The number of methoxy groups -OCH3 is 2. The predicted molar refractivity (Wildman–Crippen MR) is 113 cm³/mol. The van der Waals surface area contributed by atoms with Gasteiger partial charge in [0.15, 0.2) is 0 Å². The SMILES string of the molecule is COc1cc(C#Cc2cn(C3CNC3C(C)C)c3ncnc(N)c23)cc(OC)c1. The summed E-state index contributed by atoms with van der Waals surface area (Å²) in [4.78, 5) is 8.68. The summed E-state index contributed by atoms with van der Waals surface area (Å²) in [6.45, 7) is 5.34. The van der Waals surface area contributed by atoms with Crippen LogP contribution in [-0.4, -0.2) is 41.3 Å². The third kappa shape index (κ3) is 3.47. The van der Waals surface area contributed by atoms with Gasteiger partial charge in [0.05, 0.1) is 31.2 Å². The number of nitrogen functional groups attached to an aromatic ring is 1. The standard InChI is InChI=1S/C22H25N5O2/c1-13(2)20-18(10-24-20)27-11-15(19-21(23)25-12-26-22(19)27)6-5-14-7-16(28-3)9-17(8-14)29-4/h7-9,11-13,18,20,24H,10H2,1-4H3,(H2,23,25,26). The second kappa shape index (κ2) is 7.64. The molecule has 150 valence electrons. The van der Waals surface area contributed by atoms with Gasteiger partial charge in [0.25, 0.3) is 0 Å². The molecule has 2 atom stereocenters. The Morgan fingerprint density at radius 3 is 2.45 bits per heavy atom. The second-order valence-electron chi connectivity index (χ2n) is 7.50. The number of hydrogen-bond acceptors (Lipinski definition) is 6. The van der Waals surface area contributed by atoms with Crippen LogP contribution >= 0.6 is 0 Å². The molecule has 0 radical (unpaired) electrons. The van der Waals surface area contributed by atoms with Crippen molar-refractivity contribution in [3.05, 3.63) is 41.9 Å². The van der Waals surface area contributed by atoms with E-state index >= 15 is 0 Å². The van der Waals surface area contributed by atoms with Gasteiger partial charge in [-0.1, -0.05) is 25.7 Å². The van der Waals surface area contributed by atoms with E-state index in [2.05, 4.69) is 45.5 Å². The fourth-order valence-electron chi connectivity index (χ4n) is 3.79. The molecule has 7 nitrogen and oxygen atoms in total. The Kier molecular flexibility index (Phi) is 5.03. The average Bonchev–Trinajstić information content (AvgIpc) is 3.04. The number of benzene rings is 1. The summed E-state index contributed by atoms with van der Waals surface area (Å²) in [6, 6.07) is 6.28. The first kappa shape index (κ1) is 19.1. The van der Waals surface area contributed by atoms with Crippen LogP contribution < -0.4 is 20.5 Å². The molecular formula is C22H25N5O2. The summed E-state index contributed by atoms with van der Waals surface area (Å²) < 4.78 is 12.8. The molecule has 3 aromatic rings. The van der Waals surface area contributed by atoms with Gasteiger partial charge in [-0.25, -0.2) is 9.97 Å². The Morgan fingerprint density at radius 2 is 1.86 bits per heavy atom. The number of aromatic nitrogens is 3. The highest BCUT2D eigenvalue weighted by Gasteiger charge is 2.35. The van der Waals surface area contributed by atoms with Crippen LogP contribution in [0.15, 0.2) is 30.7 Å². The van der Waals surface area contributed by atoms with Crippen molar-refractivity contribution >= 4 is 16.9 Å². The lowest BCUT2D eigenvalue weighted by molar-refractivity contribution is 0.187. The summed E-state index contributed by atoms with van der Waals surface area (Å²) in [6.07, 6.45) is 3.55. The monoisotopic (exact) mass is 391 g/mol. The highest BCUT2D eigenvalue weighted by molar-refractivity contribution is 5.92. The Hall–Kier alpha value is -3.24. The maximum Gasteiger partial charge on any atom is 0.147 e. The predicted octanol–water partition coefficient (Wildman–Crippen LogP) is 2.60. The van der Waals surface area contributed by atoms with Gasteiger partial charge in [-0.2, -0.15) is 0 Å².